The van der Waals surface area contributed by atoms with Gasteiger partial charge < -0.3 is 4.74 Å². The number of carbonyl (C=O) groups excluding carboxylic acids is 3. The summed E-state index contributed by atoms with van der Waals surface area (Å²) in [5, 5.41) is 0. The monoisotopic (exact) mass is 351 g/mol. The molecule has 0 aromatic heterocycles. The van der Waals surface area contributed by atoms with Gasteiger partial charge in [0.05, 0.1) is 29.0 Å². The number of amides is 2. The molecule has 1 heterocycles. The van der Waals surface area contributed by atoms with Gasteiger partial charge in [0.15, 0.2) is 0 Å². The Kier molecular flexibility index (Phi) is 4.89. The maximum absolute atomic E-state index is 12.8. The van der Waals surface area contributed by atoms with Crippen LogP contribution in [-0.4, -0.2) is 24.4 Å². The summed E-state index contributed by atoms with van der Waals surface area (Å²) >= 11 is 0. The maximum Gasteiger partial charge on any atom is 0.338 e. The fourth-order valence-electron chi connectivity index (χ4n) is 2.86. The van der Waals surface area contributed by atoms with Crippen LogP contribution in [0, 0.1) is 13.8 Å². The molecule has 3 rings (SSSR count). The summed E-state index contributed by atoms with van der Waals surface area (Å²) in [5.41, 5.74) is 3.44. The maximum atomic E-state index is 12.8. The van der Waals surface area contributed by atoms with E-state index >= 15 is 0 Å². The lowest BCUT2D eigenvalue weighted by Gasteiger charge is -2.15. The molecule has 0 unspecified atom stereocenters. The van der Waals surface area contributed by atoms with Crippen LogP contribution >= 0.6 is 0 Å². The lowest BCUT2D eigenvalue weighted by atomic mass is 10.1. The van der Waals surface area contributed by atoms with Gasteiger partial charge in [0.1, 0.15) is 0 Å². The van der Waals surface area contributed by atoms with E-state index in [9.17, 15) is 14.4 Å². The van der Waals surface area contributed by atoms with Crippen LogP contribution in [0.1, 0.15) is 62.0 Å². The molecule has 5 heteroatoms. The van der Waals surface area contributed by atoms with E-state index < -0.39 is 11.9 Å². The fourth-order valence-corrected chi connectivity index (χ4v) is 2.86. The molecule has 0 fully saturated rings. The van der Waals surface area contributed by atoms with E-state index in [4.69, 9.17) is 4.74 Å². The van der Waals surface area contributed by atoms with Crippen LogP contribution in [-0.2, 0) is 4.74 Å². The highest BCUT2D eigenvalue weighted by Crippen LogP contribution is 2.30. The number of esters is 1. The Bertz CT molecular complexity index is 901. The molecule has 0 radical (unpaired) electrons. The number of nitrogens with zero attached hydrogens (tertiary/aromatic N) is 1. The van der Waals surface area contributed by atoms with E-state index in [0.29, 0.717) is 17.9 Å². The molecule has 0 atom stereocenters. The van der Waals surface area contributed by atoms with Gasteiger partial charge in [-0.2, -0.15) is 0 Å². The van der Waals surface area contributed by atoms with Crippen LogP contribution in [0.15, 0.2) is 36.4 Å². The van der Waals surface area contributed by atoms with Crippen molar-refractivity contribution in [1.82, 2.24) is 0 Å². The Morgan fingerprint density at radius 1 is 0.962 bits per heavy atom. The number of unbranched alkanes of at least 4 members (excludes halogenated alkanes) is 1. The molecule has 26 heavy (non-hydrogen) atoms. The summed E-state index contributed by atoms with van der Waals surface area (Å²) in [6.07, 6.45) is 1.71. The Labute approximate surface area is 152 Å². The fraction of sp³-hybridized carbons (Fsp3) is 0.286. The summed E-state index contributed by atoms with van der Waals surface area (Å²) in [6.45, 7) is 6.25. The molecule has 5 nitrogen and oxygen atoms in total. The van der Waals surface area contributed by atoms with Crippen molar-refractivity contribution >= 4 is 23.5 Å². The van der Waals surface area contributed by atoms with E-state index in [1.54, 1.807) is 6.07 Å². The number of anilines is 1. The number of benzene rings is 2. The zero-order valence-corrected chi connectivity index (χ0v) is 15.2. The molecule has 0 N–H and O–H groups in total. The topological polar surface area (TPSA) is 63.7 Å². The summed E-state index contributed by atoms with van der Waals surface area (Å²) in [6, 6.07) is 9.95. The smallest absolute Gasteiger partial charge is 0.338 e. The number of fused-ring (bicyclic) bond motifs is 1. The minimum atomic E-state index is -0.480. The normalized spacial score (nSPS) is 13.1. The minimum Gasteiger partial charge on any atom is -0.462 e. The molecule has 1 aliphatic heterocycles. The highest BCUT2D eigenvalue weighted by atomic mass is 16.5. The van der Waals surface area contributed by atoms with Crippen LogP contribution in [0.25, 0.3) is 0 Å². The van der Waals surface area contributed by atoms with Crippen molar-refractivity contribution in [3.05, 3.63) is 64.2 Å². The molecule has 0 saturated carbocycles. The van der Waals surface area contributed by atoms with Gasteiger partial charge in [-0.1, -0.05) is 19.4 Å². The van der Waals surface area contributed by atoms with E-state index in [1.165, 1.54) is 18.2 Å². The van der Waals surface area contributed by atoms with Crippen molar-refractivity contribution in [2.75, 3.05) is 11.5 Å². The Hall–Kier alpha value is -2.95. The Morgan fingerprint density at radius 3 is 2.38 bits per heavy atom. The molecule has 0 spiro atoms. The number of rotatable bonds is 5. The third-order valence-corrected chi connectivity index (χ3v) is 4.60. The standard InChI is InChI=1S/C21H21NO4/c1-4-5-10-26-21(25)15-7-9-17-18(12-15)20(24)22(19(17)23)16-8-6-13(2)14(3)11-16/h6-9,11-12H,4-5,10H2,1-3H3. The van der Waals surface area contributed by atoms with Gasteiger partial charge in [0.2, 0.25) is 0 Å². The SMILES string of the molecule is CCCCOC(=O)c1ccc2c(c1)C(=O)N(c1ccc(C)c(C)c1)C2=O. The van der Waals surface area contributed by atoms with Crippen LogP contribution in [0.2, 0.25) is 0 Å². The molecule has 0 aliphatic carbocycles. The van der Waals surface area contributed by atoms with E-state index in [2.05, 4.69) is 0 Å². The summed E-state index contributed by atoms with van der Waals surface area (Å²) in [4.78, 5) is 38.7. The predicted molar refractivity (Wildman–Crippen MR) is 98.7 cm³/mol. The largest absolute Gasteiger partial charge is 0.462 e. The van der Waals surface area contributed by atoms with Crippen molar-refractivity contribution in [2.24, 2.45) is 0 Å². The summed E-state index contributed by atoms with van der Waals surface area (Å²) in [7, 11) is 0. The van der Waals surface area contributed by atoms with Crippen LogP contribution < -0.4 is 4.90 Å². The van der Waals surface area contributed by atoms with Gasteiger partial charge in [-0.05, 0) is 61.7 Å². The van der Waals surface area contributed by atoms with Crippen molar-refractivity contribution in [2.45, 2.75) is 33.6 Å². The number of imide groups is 1. The lowest BCUT2D eigenvalue weighted by molar-refractivity contribution is 0.0499. The zero-order valence-electron chi connectivity index (χ0n) is 15.2. The molecule has 2 aromatic carbocycles. The van der Waals surface area contributed by atoms with Gasteiger partial charge in [0, 0.05) is 0 Å². The van der Waals surface area contributed by atoms with Gasteiger partial charge in [-0.15, -0.1) is 0 Å². The molecule has 134 valence electrons. The second-order valence-electron chi connectivity index (χ2n) is 6.46. The van der Waals surface area contributed by atoms with Gasteiger partial charge in [-0.3, -0.25) is 9.59 Å². The van der Waals surface area contributed by atoms with Crippen molar-refractivity contribution in [3.63, 3.8) is 0 Å². The molecular weight excluding hydrogens is 330 g/mol. The second kappa shape index (κ2) is 7.12. The van der Waals surface area contributed by atoms with E-state index in [0.717, 1.165) is 28.9 Å². The first-order chi connectivity index (χ1) is 12.4. The van der Waals surface area contributed by atoms with Crippen LogP contribution in [0.4, 0.5) is 5.69 Å². The molecule has 0 bridgehead atoms. The summed E-state index contributed by atoms with van der Waals surface area (Å²) in [5.74, 6) is -1.28. The molecule has 2 amide bonds. The Balaban J connectivity index is 1.90. The number of aryl methyl sites for hydroxylation is 2. The first kappa shape index (κ1) is 17.9. The number of hydrogen-bond donors (Lipinski definition) is 0. The second-order valence-corrected chi connectivity index (χ2v) is 6.46. The van der Waals surface area contributed by atoms with Gasteiger partial charge in [0.25, 0.3) is 11.8 Å². The third-order valence-electron chi connectivity index (χ3n) is 4.60. The van der Waals surface area contributed by atoms with Crippen LogP contribution in [0.3, 0.4) is 0 Å². The third kappa shape index (κ3) is 3.12. The number of carbonyl (C=O) groups is 3. The highest BCUT2D eigenvalue weighted by Gasteiger charge is 2.37. The number of hydrogen-bond acceptors (Lipinski definition) is 4. The first-order valence-corrected chi connectivity index (χ1v) is 8.71. The molecule has 2 aromatic rings. The lowest BCUT2D eigenvalue weighted by Crippen LogP contribution is -2.29. The van der Waals surface area contributed by atoms with E-state index in [-0.39, 0.29) is 17.0 Å². The molecule has 1 aliphatic rings. The van der Waals surface area contributed by atoms with Gasteiger partial charge >= 0.3 is 5.97 Å². The number of ether oxygens (including phenoxy) is 1. The average Bonchev–Trinajstić information content (AvgIpc) is 2.88. The average molecular weight is 351 g/mol. The first-order valence-electron chi connectivity index (χ1n) is 8.71. The van der Waals surface area contributed by atoms with Crippen molar-refractivity contribution in [3.8, 4) is 0 Å². The van der Waals surface area contributed by atoms with Crippen molar-refractivity contribution in [1.29, 1.82) is 0 Å². The van der Waals surface area contributed by atoms with E-state index in [1.807, 2.05) is 32.9 Å². The quantitative estimate of drug-likeness (QED) is 0.463. The minimum absolute atomic E-state index is 0.234. The highest BCUT2D eigenvalue weighted by molar-refractivity contribution is 6.34. The predicted octanol–water partition coefficient (Wildman–Crippen LogP) is 4.06. The molecular formula is C21H21NO4. The van der Waals surface area contributed by atoms with Crippen molar-refractivity contribution < 1.29 is 19.1 Å². The van der Waals surface area contributed by atoms with Crippen LogP contribution in [0.5, 0.6) is 0 Å². The summed E-state index contributed by atoms with van der Waals surface area (Å²) < 4.78 is 5.18. The van der Waals surface area contributed by atoms with Gasteiger partial charge in [-0.25, -0.2) is 9.69 Å². The Morgan fingerprint density at radius 2 is 1.69 bits per heavy atom. The molecule has 0 saturated heterocycles. The zero-order chi connectivity index (χ0) is 18.8.